The van der Waals surface area contributed by atoms with Crippen LogP contribution in [-0.2, 0) is 4.79 Å². The third-order valence-electron chi connectivity index (χ3n) is 3.65. The zero-order valence-corrected chi connectivity index (χ0v) is 7.31. The summed E-state index contributed by atoms with van der Waals surface area (Å²) in [5.74, 6) is -0.321. The quantitative estimate of drug-likeness (QED) is 0.599. The van der Waals surface area contributed by atoms with Crippen molar-refractivity contribution in [3.8, 4) is 0 Å². The minimum atomic E-state index is -0.687. The van der Waals surface area contributed by atoms with Crippen LogP contribution in [0.25, 0.3) is 0 Å². The van der Waals surface area contributed by atoms with Gasteiger partial charge in [-0.05, 0) is 43.9 Å². The maximum atomic E-state index is 11.0. The van der Waals surface area contributed by atoms with Crippen molar-refractivity contribution in [1.29, 1.82) is 0 Å². The maximum Gasteiger partial charge on any atom is 0.237 e. The van der Waals surface area contributed by atoms with Crippen molar-refractivity contribution >= 4 is 5.91 Å². The van der Waals surface area contributed by atoms with Crippen LogP contribution in [0, 0.1) is 5.41 Å². The molecule has 0 unspecified atom stereocenters. The van der Waals surface area contributed by atoms with Gasteiger partial charge in [-0.2, -0.15) is 0 Å². The number of hydrogen-bond donors (Lipinski definition) is 2. The Morgan fingerprint density at radius 1 is 1.00 bits per heavy atom. The average molecular weight is 168 g/mol. The van der Waals surface area contributed by atoms with Gasteiger partial charge in [-0.15, -0.1) is 0 Å². The SMILES string of the molecule is NC(=O)C1(N)CCC2(CC2)CC1. The molecule has 0 saturated heterocycles. The molecule has 2 saturated carbocycles. The summed E-state index contributed by atoms with van der Waals surface area (Å²) >= 11 is 0. The van der Waals surface area contributed by atoms with Crippen molar-refractivity contribution in [3.63, 3.8) is 0 Å². The highest BCUT2D eigenvalue weighted by Crippen LogP contribution is 2.57. The van der Waals surface area contributed by atoms with E-state index in [0.717, 1.165) is 25.7 Å². The third kappa shape index (κ3) is 1.12. The van der Waals surface area contributed by atoms with Crippen molar-refractivity contribution in [1.82, 2.24) is 0 Å². The smallest absolute Gasteiger partial charge is 0.237 e. The fourth-order valence-electron chi connectivity index (χ4n) is 2.15. The Morgan fingerprint density at radius 2 is 1.42 bits per heavy atom. The Balaban J connectivity index is 2.01. The first-order valence-corrected chi connectivity index (χ1v) is 4.65. The molecule has 0 atom stereocenters. The van der Waals surface area contributed by atoms with E-state index in [0.29, 0.717) is 5.41 Å². The molecule has 0 aromatic carbocycles. The molecule has 1 amide bonds. The molecule has 0 aliphatic heterocycles. The molecular formula is C9H16N2O. The number of carbonyl (C=O) groups excluding carboxylic acids is 1. The lowest BCUT2D eigenvalue weighted by atomic mass is 9.75. The Morgan fingerprint density at radius 3 is 1.75 bits per heavy atom. The van der Waals surface area contributed by atoms with E-state index in [1.165, 1.54) is 12.8 Å². The van der Waals surface area contributed by atoms with Gasteiger partial charge in [-0.3, -0.25) is 4.79 Å². The van der Waals surface area contributed by atoms with E-state index in [1.54, 1.807) is 0 Å². The number of nitrogens with two attached hydrogens (primary N) is 2. The van der Waals surface area contributed by atoms with Crippen LogP contribution in [0.3, 0.4) is 0 Å². The van der Waals surface area contributed by atoms with Crippen LogP contribution in [0.4, 0.5) is 0 Å². The first-order chi connectivity index (χ1) is 5.56. The summed E-state index contributed by atoms with van der Waals surface area (Å²) in [4.78, 5) is 11.0. The molecule has 12 heavy (non-hydrogen) atoms. The second kappa shape index (κ2) is 2.22. The minimum absolute atomic E-state index is 0.321. The molecular weight excluding hydrogens is 152 g/mol. The van der Waals surface area contributed by atoms with Crippen LogP contribution in [-0.4, -0.2) is 11.4 Å². The summed E-state index contributed by atoms with van der Waals surface area (Å²) in [6.07, 6.45) is 6.47. The van der Waals surface area contributed by atoms with E-state index < -0.39 is 5.54 Å². The summed E-state index contributed by atoms with van der Waals surface area (Å²) in [7, 11) is 0. The van der Waals surface area contributed by atoms with Crippen molar-refractivity contribution in [2.45, 2.75) is 44.1 Å². The van der Waals surface area contributed by atoms with Gasteiger partial charge in [-0.25, -0.2) is 0 Å². The van der Waals surface area contributed by atoms with Crippen LogP contribution in [0.5, 0.6) is 0 Å². The summed E-state index contributed by atoms with van der Waals surface area (Å²) in [5, 5.41) is 0. The number of primary amides is 1. The molecule has 0 bridgehead atoms. The standard InChI is InChI=1S/C9H16N2O/c10-7(12)9(11)5-3-8(1-2-8)4-6-9/h1-6,11H2,(H2,10,12). The van der Waals surface area contributed by atoms with Gasteiger partial charge < -0.3 is 11.5 Å². The van der Waals surface area contributed by atoms with Crippen LogP contribution in [0.15, 0.2) is 0 Å². The van der Waals surface area contributed by atoms with E-state index in [9.17, 15) is 4.79 Å². The van der Waals surface area contributed by atoms with Crippen LogP contribution in [0.2, 0.25) is 0 Å². The molecule has 3 heteroatoms. The Labute approximate surface area is 72.5 Å². The Kier molecular flexibility index (Phi) is 1.49. The summed E-state index contributed by atoms with van der Waals surface area (Å²) < 4.78 is 0. The summed E-state index contributed by atoms with van der Waals surface area (Å²) in [5.41, 5.74) is 11.0. The van der Waals surface area contributed by atoms with Gasteiger partial charge in [0.05, 0.1) is 5.54 Å². The second-order valence-electron chi connectivity index (χ2n) is 4.52. The average Bonchev–Trinajstić information content (AvgIpc) is 2.77. The minimum Gasteiger partial charge on any atom is -0.368 e. The largest absolute Gasteiger partial charge is 0.368 e. The number of hydrogen-bond acceptors (Lipinski definition) is 2. The Bertz CT molecular complexity index is 211. The van der Waals surface area contributed by atoms with Crippen molar-refractivity contribution in [2.75, 3.05) is 0 Å². The number of rotatable bonds is 1. The first-order valence-electron chi connectivity index (χ1n) is 4.65. The van der Waals surface area contributed by atoms with E-state index in [1.807, 2.05) is 0 Å². The van der Waals surface area contributed by atoms with Gasteiger partial charge in [0, 0.05) is 0 Å². The van der Waals surface area contributed by atoms with Gasteiger partial charge in [0.1, 0.15) is 0 Å². The van der Waals surface area contributed by atoms with E-state index in [4.69, 9.17) is 11.5 Å². The molecule has 0 aromatic heterocycles. The molecule has 0 heterocycles. The predicted molar refractivity (Wildman–Crippen MR) is 46.2 cm³/mol. The monoisotopic (exact) mass is 168 g/mol. The van der Waals surface area contributed by atoms with Crippen LogP contribution >= 0.6 is 0 Å². The summed E-state index contributed by atoms with van der Waals surface area (Å²) in [6, 6.07) is 0. The van der Waals surface area contributed by atoms with Gasteiger partial charge in [0.2, 0.25) is 5.91 Å². The molecule has 2 fully saturated rings. The van der Waals surface area contributed by atoms with Crippen molar-refractivity contribution in [3.05, 3.63) is 0 Å². The van der Waals surface area contributed by atoms with Gasteiger partial charge in [-0.1, -0.05) is 0 Å². The number of amides is 1. The van der Waals surface area contributed by atoms with Gasteiger partial charge >= 0.3 is 0 Å². The fraction of sp³-hybridized carbons (Fsp3) is 0.889. The molecule has 2 aliphatic rings. The lowest BCUT2D eigenvalue weighted by Crippen LogP contribution is -2.54. The highest BCUT2D eigenvalue weighted by atomic mass is 16.1. The number of carbonyl (C=O) groups is 1. The highest BCUT2D eigenvalue weighted by molar-refractivity contribution is 5.84. The topological polar surface area (TPSA) is 69.1 Å². The fourth-order valence-corrected chi connectivity index (χ4v) is 2.15. The third-order valence-corrected chi connectivity index (χ3v) is 3.65. The molecule has 0 aromatic rings. The van der Waals surface area contributed by atoms with Gasteiger partial charge in [0.15, 0.2) is 0 Å². The molecule has 3 nitrogen and oxygen atoms in total. The van der Waals surface area contributed by atoms with Crippen LogP contribution in [0.1, 0.15) is 38.5 Å². The zero-order chi connectivity index (χ0) is 8.82. The van der Waals surface area contributed by atoms with E-state index in [-0.39, 0.29) is 5.91 Å². The summed E-state index contributed by atoms with van der Waals surface area (Å²) in [6.45, 7) is 0. The molecule has 4 N–H and O–H groups in total. The first kappa shape index (κ1) is 8.05. The van der Waals surface area contributed by atoms with Crippen LogP contribution < -0.4 is 11.5 Å². The van der Waals surface area contributed by atoms with E-state index >= 15 is 0 Å². The van der Waals surface area contributed by atoms with Crippen molar-refractivity contribution in [2.24, 2.45) is 16.9 Å². The normalized spacial score (nSPS) is 30.1. The molecule has 1 spiro atoms. The maximum absolute atomic E-state index is 11.0. The Hall–Kier alpha value is -0.570. The molecule has 2 aliphatic carbocycles. The second-order valence-corrected chi connectivity index (χ2v) is 4.52. The van der Waals surface area contributed by atoms with Gasteiger partial charge in [0.25, 0.3) is 0 Å². The highest BCUT2D eigenvalue weighted by Gasteiger charge is 2.49. The van der Waals surface area contributed by atoms with E-state index in [2.05, 4.69) is 0 Å². The van der Waals surface area contributed by atoms with Crippen molar-refractivity contribution < 1.29 is 4.79 Å². The zero-order valence-electron chi connectivity index (χ0n) is 7.31. The molecule has 2 rings (SSSR count). The lowest BCUT2D eigenvalue weighted by Gasteiger charge is -2.34. The molecule has 68 valence electrons. The lowest BCUT2D eigenvalue weighted by molar-refractivity contribution is -0.124. The predicted octanol–water partition coefficient (Wildman–Crippen LogP) is 0.523. The molecule has 0 radical (unpaired) electrons.